The summed E-state index contributed by atoms with van der Waals surface area (Å²) in [5.74, 6) is 0.735. The van der Waals surface area contributed by atoms with Crippen LogP contribution in [0.1, 0.15) is 19.3 Å². The van der Waals surface area contributed by atoms with Crippen molar-refractivity contribution in [2.45, 2.75) is 24.0 Å². The minimum Gasteiger partial charge on any atom is -0.381 e. The van der Waals surface area contributed by atoms with Gasteiger partial charge in [0.15, 0.2) is 0 Å². The third kappa shape index (κ3) is 3.36. The first-order chi connectivity index (χ1) is 7.85. The first kappa shape index (κ1) is 12.7. The van der Waals surface area contributed by atoms with Crippen molar-refractivity contribution in [3.63, 3.8) is 0 Å². The van der Waals surface area contributed by atoms with E-state index in [1.807, 2.05) is 11.8 Å². The number of thioether (sulfide) groups is 1. The third-order valence-corrected chi connectivity index (χ3v) is 5.16. The van der Waals surface area contributed by atoms with Gasteiger partial charge in [0.1, 0.15) is 0 Å². The van der Waals surface area contributed by atoms with E-state index in [1.165, 1.54) is 19.3 Å². The highest BCUT2D eigenvalue weighted by atomic mass is 32.2. The molecule has 16 heavy (non-hydrogen) atoms. The van der Waals surface area contributed by atoms with Crippen LogP contribution in [0.2, 0.25) is 0 Å². The Kier molecular flexibility index (Phi) is 4.95. The van der Waals surface area contributed by atoms with Crippen molar-refractivity contribution in [1.29, 1.82) is 0 Å². The van der Waals surface area contributed by atoms with Crippen molar-refractivity contribution < 1.29 is 9.47 Å². The van der Waals surface area contributed by atoms with Crippen molar-refractivity contribution in [2.24, 2.45) is 5.92 Å². The molecule has 2 saturated heterocycles. The van der Waals surface area contributed by atoms with Gasteiger partial charge in [-0.2, -0.15) is 11.8 Å². The van der Waals surface area contributed by atoms with E-state index in [2.05, 4.69) is 11.6 Å². The Hall–Kier alpha value is 0.230. The van der Waals surface area contributed by atoms with Gasteiger partial charge < -0.3 is 14.8 Å². The highest BCUT2D eigenvalue weighted by molar-refractivity contribution is 8.00. The first-order valence-electron chi connectivity index (χ1n) is 6.26. The molecule has 0 saturated carbocycles. The largest absolute Gasteiger partial charge is 0.381 e. The Morgan fingerprint density at radius 2 is 2.06 bits per heavy atom. The van der Waals surface area contributed by atoms with E-state index in [0.29, 0.717) is 4.75 Å². The zero-order valence-corrected chi connectivity index (χ0v) is 11.0. The summed E-state index contributed by atoms with van der Waals surface area (Å²) in [6.45, 7) is 5.98. The average Bonchev–Trinajstić information content (AvgIpc) is 2.83. The standard InChI is InChI=1S/C12H23NO2S/c1-16-12(3-6-14-7-4-12)10-13-8-11-2-5-15-9-11/h11,13H,2-10H2,1H3. The van der Waals surface area contributed by atoms with Gasteiger partial charge >= 0.3 is 0 Å². The number of nitrogens with one attached hydrogen (secondary N) is 1. The molecule has 0 spiro atoms. The minimum atomic E-state index is 0.414. The van der Waals surface area contributed by atoms with Gasteiger partial charge in [0, 0.05) is 37.7 Å². The van der Waals surface area contributed by atoms with Gasteiger partial charge in [0.2, 0.25) is 0 Å². The summed E-state index contributed by atoms with van der Waals surface area (Å²) < 4.78 is 11.2. The topological polar surface area (TPSA) is 30.5 Å². The van der Waals surface area contributed by atoms with Crippen LogP contribution in [0.3, 0.4) is 0 Å². The second-order valence-electron chi connectivity index (χ2n) is 4.86. The van der Waals surface area contributed by atoms with Crippen LogP contribution in [-0.2, 0) is 9.47 Å². The van der Waals surface area contributed by atoms with E-state index in [1.54, 1.807) is 0 Å². The highest BCUT2D eigenvalue weighted by Crippen LogP contribution is 2.33. The molecule has 1 atom stereocenters. The Morgan fingerprint density at radius 3 is 2.69 bits per heavy atom. The third-order valence-electron chi connectivity index (χ3n) is 3.74. The number of rotatable bonds is 5. The molecule has 94 valence electrons. The van der Waals surface area contributed by atoms with Crippen LogP contribution < -0.4 is 5.32 Å². The molecule has 0 aliphatic carbocycles. The predicted molar refractivity (Wildman–Crippen MR) is 68.1 cm³/mol. The molecule has 2 aliphatic heterocycles. The van der Waals surface area contributed by atoms with E-state index >= 15 is 0 Å². The summed E-state index contributed by atoms with van der Waals surface area (Å²) in [5.41, 5.74) is 0. The van der Waals surface area contributed by atoms with Gasteiger partial charge in [0.25, 0.3) is 0 Å². The smallest absolute Gasteiger partial charge is 0.0507 e. The number of hydrogen-bond donors (Lipinski definition) is 1. The van der Waals surface area contributed by atoms with Crippen LogP contribution in [0, 0.1) is 5.92 Å². The normalized spacial score (nSPS) is 29.4. The van der Waals surface area contributed by atoms with Crippen molar-refractivity contribution >= 4 is 11.8 Å². The Bertz CT molecular complexity index is 201. The molecule has 4 heteroatoms. The molecular weight excluding hydrogens is 222 g/mol. The molecule has 0 amide bonds. The second-order valence-corrected chi connectivity index (χ2v) is 6.13. The van der Waals surface area contributed by atoms with E-state index in [9.17, 15) is 0 Å². The lowest BCUT2D eigenvalue weighted by atomic mass is 9.98. The van der Waals surface area contributed by atoms with Crippen LogP contribution in [0.4, 0.5) is 0 Å². The fourth-order valence-corrected chi connectivity index (χ4v) is 3.27. The SMILES string of the molecule is CSC1(CNCC2CCOC2)CCOCC1. The molecule has 2 fully saturated rings. The molecule has 2 rings (SSSR count). The zero-order chi connectivity index (χ0) is 11.3. The quantitative estimate of drug-likeness (QED) is 0.795. The summed E-state index contributed by atoms with van der Waals surface area (Å²) >= 11 is 2.00. The van der Waals surface area contributed by atoms with Crippen molar-refractivity contribution in [3.05, 3.63) is 0 Å². The maximum atomic E-state index is 5.45. The lowest BCUT2D eigenvalue weighted by Gasteiger charge is -2.36. The molecule has 0 aromatic rings. The van der Waals surface area contributed by atoms with Gasteiger partial charge in [-0.25, -0.2) is 0 Å². The van der Waals surface area contributed by atoms with E-state index in [0.717, 1.165) is 45.4 Å². The van der Waals surface area contributed by atoms with Crippen molar-refractivity contribution in [3.8, 4) is 0 Å². The molecular formula is C12H23NO2S. The summed E-state index contributed by atoms with van der Waals surface area (Å²) in [4.78, 5) is 0. The summed E-state index contributed by atoms with van der Waals surface area (Å²) in [5, 5.41) is 3.63. The Morgan fingerprint density at radius 1 is 1.25 bits per heavy atom. The molecule has 0 aromatic carbocycles. The van der Waals surface area contributed by atoms with Gasteiger partial charge in [-0.05, 0) is 31.4 Å². The average molecular weight is 245 g/mol. The molecule has 1 unspecified atom stereocenters. The molecule has 2 aliphatic rings. The predicted octanol–water partition coefficient (Wildman–Crippen LogP) is 1.52. The van der Waals surface area contributed by atoms with Crippen molar-refractivity contribution in [2.75, 3.05) is 45.8 Å². The summed E-state index contributed by atoms with van der Waals surface area (Å²) in [6, 6.07) is 0. The zero-order valence-electron chi connectivity index (χ0n) is 10.2. The van der Waals surface area contributed by atoms with Crippen LogP contribution >= 0.6 is 11.8 Å². The fourth-order valence-electron chi connectivity index (χ4n) is 2.44. The van der Waals surface area contributed by atoms with Gasteiger partial charge in [-0.15, -0.1) is 0 Å². The summed E-state index contributed by atoms with van der Waals surface area (Å²) in [7, 11) is 0. The minimum absolute atomic E-state index is 0.414. The Balaban J connectivity index is 1.69. The molecule has 2 heterocycles. The molecule has 3 nitrogen and oxygen atoms in total. The van der Waals surface area contributed by atoms with Crippen molar-refractivity contribution in [1.82, 2.24) is 5.32 Å². The van der Waals surface area contributed by atoms with Crippen LogP contribution in [0.5, 0.6) is 0 Å². The maximum absolute atomic E-state index is 5.45. The summed E-state index contributed by atoms with van der Waals surface area (Å²) in [6.07, 6.45) is 5.82. The van der Waals surface area contributed by atoms with Gasteiger partial charge in [0.05, 0.1) is 6.61 Å². The first-order valence-corrected chi connectivity index (χ1v) is 7.48. The lowest BCUT2D eigenvalue weighted by molar-refractivity contribution is 0.0769. The molecule has 0 radical (unpaired) electrons. The monoisotopic (exact) mass is 245 g/mol. The number of ether oxygens (including phenoxy) is 2. The van der Waals surface area contributed by atoms with E-state index in [-0.39, 0.29) is 0 Å². The molecule has 1 N–H and O–H groups in total. The van der Waals surface area contributed by atoms with E-state index < -0.39 is 0 Å². The second kappa shape index (κ2) is 6.24. The van der Waals surface area contributed by atoms with Crippen LogP contribution in [0.25, 0.3) is 0 Å². The number of hydrogen-bond acceptors (Lipinski definition) is 4. The van der Waals surface area contributed by atoms with Gasteiger partial charge in [-0.3, -0.25) is 0 Å². The lowest BCUT2D eigenvalue weighted by Crippen LogP contribution is -2.43. The highest BCUT2D eigenvalue weighted by Gasteiger charge is 2.31. The van der Waals surface area contributed by atoms with Crippen LogP contribution in [-0.4, -0.2) is 50.5 Å². The maximum Gasteiger partial charge on any atom is 0.0507 e. The Labute approximate surface area is 103 Å². The molecule has 0 aromatic heterocycles. The van der Waals surface area contributed by atoms with Gasteiger partial charge in [-0.1, -0.05) is 0 Å². The van der Waals surface area contributed by atoms with Crippen LogP contribution in [0.15, 0.2) is 0 Å². The molecule has 0 bridgehead atoms. The fraction of sp³-hybridized carbons (Fsp3) is 1.00. The van der Waals surface area contributed by atoms with E-state index in [4.69, 9.17) is 9.47 Å².